The number of benzene rings is 2. The van der Waals surface area contributed by atoms with Crippen LogP contribution < -0.4 is 11.1 Å². The topological polar surface area (TPSA) is 38.0 Å². The highest BCUT2D eigenvalue weighted by Crippen LogP contribution is 2.24. The van der Waals surface area contributed by atoms with Crippen molar-refractivity contribution in [1.82, 2.24) is 0 Å². The highest BCUT2D eigenvalue weighted by atomic mass is 79.9. The number of thiocarbonyl (C=S) groups is 1. The molecule has 0 spiro atoms. The highest BCUT2D eigenvalue weighted by molar-refractivity contribution is 9.10. The second-order valence-electron chi connectivity index (χ2n) is 4.33. The first-order valence-electron chi connectivity index (χ1n) is 6.14. The zero-order valence-corrected chi connectivity index (χ0v) is 13.1. The molecule has 2 nitrogen and oxygen atoms in total. The van der Waals surface area contributed by atoms with E-state index in [-0.39, 0.29) is 5.82 Å². The number of nitrogens with two attached hydrogens (primary N) is 1. The Labute approximate surface area is 131 Å². The molecule has 0 aliphatic rings. The standard InChI is InChI=1S/C15H14BrFN2S/c16-12-2-1-3-13(14(12)15(18)20)19-9-8-10-4-6-11(17)7-5-10/h1-7,19H,8-9H2,(H2,18,20). The maximum Gasteiger partial charge on any atom is 0.123 e. The minimum absolute atomic E-state index is 0.218. The molecule has 0 aliphatic carbocycles. The Morgan fingerprint density at radius 1 is 1.20 bits per heavy atom. The molecule has 5 heteroatoms. The predicted molar refractivity (Wildman–Crippen MR) is 88.6 cm³/mol. The summed E-state index contributed by atoms with van der Waals surface area (Å²) in [5, 5.41) is 3.31. The molecular weight excluding hydrogens is 339 g/mol. The number of halogens is 2. The maximum atomic E-state index is 12.8. The van der Waals surface area contributed by atoms with E-state index in [4.69, 9.17) is 18.0 Å². The van der Waals surface area contributed by atoms with E-state index in [1.54, 1.807) is 12.1 Å². The number of rotatable bonds is 5. The molecule has 0 fully saturated rings. The first-order valence-corrected chi connectivity index (χ1v) is 7.34. The lowest BCUT2D eigenvalue weighted by Crippen LogP contribution is -2.15. The summed E-state index contributed by atoms with van der Waals surface area (Å²) in [6, 6.07) is 12.3. The quantitative estimate of drug-likeness (QED) is 0.802. The van der Waals surface area contributed by atoms with E-state index >= 15 is 0 Å². The fourth-order valence-corrected chi connectivity index (χ4v) is 2.85. The third-order valence-electron chi connectivity index (χ3n) is 2.90. The van der Waals surface area contributed by atoms with Crippen molar-refractivity contribution in [2.45, 2.75) is 6.42 Å². The van der Waals surface area contributed by atoms with E-state index in [9.17, 15) is 4.39 Å². The van der Waals surface area contributed by atoms with Crippen LogP contribution in [0.3, 0.4) is 0 Å². The van der Waals surface area contributed by atoms with E-state index in [0.29, 0.717) is 4.99 Å². The molecule has 2 aromatic rings. The zero-order chi connectivity index (χ0) is 14.5. The Hall–Kier alpha value is -1.46. The van der Waals surface area contributed by atoms with Gasteiger partial charge >= 0.3 is 0 Å². The summed E-state index contributed by atoms with van der Waals surface area (Å²) in [6.45, 7) is 0.720. The van der Waals surface area contributed by atoms with Crippen LogP contribution in [-0.4, -0.2) is 11.5 Å². The number of hydrogen-bond donors (Lipinski definition) is 2. The average Bonchev–Trinajstić information content (AvgIpc) is 2.40. The van der Waals surface area contributed by atoms with Gasteiger partial charge in [0.1, 0.15) is 10.8 Å². The third-order valence-corrected chi connectivity index (χ3v) is 3.77. The van der Waals surface area contributed by atoms with Crippen molar-refractivity contribution in [2.75, 3.05) is 11.9 Å². The number of anilines is 1. The SMILES string of the molecule is NC(=S)c1c(Br)cccc1NCCc1ccc(F)cc1. The fraction of sp³-hybridized carbons (Fsp3) is 0.133. The van der Waals surface area contributed by atoms with Crippen molar-refractivity contribution in [3.63, 3.8) is 0 Å². The summed E-state index contributed by atoms with van der Waals surface area (Å²) in [7, 11) is 0. The predicted octanol–water partition coefficient (Wildman–Crippen LogP) is 3.88. The molecule has 0 aliphatic heterocycles. The summed E-state index contributed by atoms with van der Waals surface area (Å²) >= 11 is 8.50. The van der Waals surface area contributed by atoms with Crippen molar-refractivity contribution in [3.8, 4) is 0 Å². The van der Waals surface area contributed by atoms with Crippen molar-refractivity contribution in [2.24, 2.45) is 5.73 Å². The van der Waals surface area contributed by atoms with Gasteiger partial charge in [0.05, 0.1) is 0 Å². The molecule has 0 unspecified atom stereocenters. The normalized spacial score (nSPS) is 10.3. The van der Waals surface area contributed by atoms with Crippen LogP contribution in [0.2, 0.25) is 0 Å². The molecule has 2 rings (SSSR count). The Kier molecular flexibility index (Phi) is 5.09. The van der Waals surface area contributed by atoms with Gasteiger partial charge in [-0.15, -0.1) is 0 Å². The first kappa shape index (κ1) is 14.9. The molecule has 3 N–H and O–H groups in total. The Bertz CT molecular complexity index is 614. The van der Waals surface area contributed by atoms with E-state index in [1.165, 1.54) is 12.1 Å². The lowest BCUT2D eigenvalue weighted by molar-refractivity contribution is 0.627. The summed E-state index contributed by atoms with van der Waals surface area (Å²) in [5.41, 5.74) is 8.51. The van der Waals surface area contributed by atoms with Gasteiger partial charge in [-0.2, -0.15) is 0 Å². The fourth-order valence-electron chi connectivity index (χ4n) is 1.91. The Morgan fingerprint density at radius 3 is 2.55 bits per heavy atom. The molecule has 2 aromatic carbocycles. The van der Waals surface area contributed by atoms with Crippen LogP contribution in [0.4, 0.5) is 10.1 Å². The molecule has 104 valence electrons. The molecule has 0 saturated heterocycles. The number of nitrogens with one attached hydrogen (secondary N) is 1. The van der Waals surface area contributed by atoms with Crippen LogP contribution in [-0.2, 0) is 6.42 Å². The van der Waals surface area contributed by atoms with E-state index < -0.39 is 0 Å². The van der Waals surface area contributed by atoms with E-state index in [0.717, 1.165) is 34.3 Å². The molecule has 0 amide bonds. The largest absolute Gasteiger partial charge is 0.389 e. The summed E-state index contributed by atoms with van der Waals surface area (Å²) in [5.74, 6) is -0.218. The van der Waals surface area contributed by atoms with E-state index in [2.05, 4.69) is 21.2 Å². The third kappa shape index (κ3) is 3.77. The number of hydrogen-bond acceptors (Lipinski definition) is 2. The molecule has 0 bridgehead atoms. The van der Waals surface area contributed by atoms with Gasteiger partial charge in [-0.1, -0.05) is 30.4 Å². The monoisotopic (exact) mass is 352 g/mol. The lowest BCUT2D eigenvalue weighted by Gasteiger charge is -2.12. The van der Waals surface area contributed by atoms with Crippen molar-refractivity contribution >= 4 is 38.8 Å². The summed E-state index contributed by atoms with van der Waals surface area (Å²) in [4.78, 5) is 0.349. The minimum atomic E-state index is -0.218. The smallest absolute Gasteiger partial charge is 0.123 e. The van der Waals surface area contributed by atoms with Crippen molar-refractivity contribution < 1.29 is 4.39 Å². The first-order chi connectivity index (χ1) is 9.58. The van der Waals surface area contributed by atoms with Crippen molar-refractivity contribution in [3.05, 3.63) is 63.9 Å². The van der Waals surface area contributed by atoms with Crippen molar-refractivity contribution in [1.29, 1.82) is 0 Å². The van der Waals surface area contributed by atoms with Gasteiger partial charge < -0.3 is 11.1 Å². The Balaban J connectivity index is 2.02. The second kappa shape index (κ2) is 6.81. The molecule has 0 saturated carbocycles. The Morgan fingerprint density at radius 2 is 1.90 bits per heavy atom. The van der Waals surface area contributed by atoms with Gasteiger partial charge in [-0.25, -0.2) is 4.39 Å². The molecule has 0 radical (unpaired) electrons. The van der Waals surface area contributed by atoms with Gasteiger partial charge in [0, 0.05) is 22.3 Å². The molecular formula is C15H14BrFN2S. The van der Waals surface area contributed by atoms with Gasteiger partial charge in [-0.3, -0.25) is 0 Å². The van der Waals surface area contributed by atoms with Crippen LogP contribution in [0.1, 0.15) is 11.1 Å². The van der Waals surface area contributed by atoms with E-state index in [1.807, 2.05) is 18.2 Å². The average molecular weight is 353 g/mol. The molecule has 20 heavy (non-hydrogen) atoms. The van der Waals surface area contributed by atoms with Gasteiger partial charge in [0.2, 0.25) is 0 Å². The zero-order valence-electron chi connectivity index (χ0n) is 10.7. The molecule has 0 aromatic heterocycles. The minimum Gasteiger partial charge on any atom is -0.389 e. The second-order valence-corrected chi connectivity index (χ2v) is 5.62. The van der Waals surface area contributed by atoms with Crippen LogP contribution >= 0.6 is 28.1 Å². The van der Waals surface area contributed by atoms with Crippen LogP contribution in [0.15, 0.2) is 46.9 Å². The van der Waals surface area contributed by atoms with Crippen LogP contribution in [0.5, 0.6) is 0 Å². The van der Waals surface area contributed by atoms with Crippen LogP contribution in [0, 0.1) is 5.82 Å². The molecule has 0 heterocycles. The molecule has 0 atom stereocenters. The summed E-state index contributed by atoms with van der Waals surface area (Å²) in [6.07, 6.45) is 0.795. The van der Waals surface area contributed by atoms with Gasteiger partial charge in [0.15, 0.2) is 0 Å². The van der Waals surface area contributed by atoms with Gasteiger partial charge in [-0.05, 0) is 52.2 Å². The maximum absolute atomic E-state index is 12.8. The lowest BCUT2D eigenvalue weighted by atomic mass is 10.1. The highest BCUT2D eigenvalue weighted by Gasteiger charge is 2.08. The van der Waals surface area contributed by atoms with Gasteiger partial charge in [0.25, 0.3) is 0 Å². The summed E-state index contributed by atoms with van der Waals surface area (Å²) < 4.78 is 13.7. The van der Waals surface area contributed by atoms with Crippen LogP contribution in [0.25, 0.3) is 0 Å².